The smallest absolute Gasteiger partial charge is 0.320 e. The average molecular weight is 401 g/mol. The number of nitriles is 1. The molecule has 1 aliphatic carbocycles. The van der Waals surface area contributed by atoms with Crippen LogP contribution >= 0.6 is 0 Å². The highest BCUT2D eigenvalue weighted by Crippen LogP contribution is 2.40. The molecule has 0 atom stereocenters. The zero-order chi connectivity index (χ0) is 20.7. The third-order valence-electron chi connectivity index (χ3n) is 5.97. The first-order chi connectivity index (χ1) is 14.1. The Balaban J connectivity index is 1.75. The van der Waals surface area contributed by atoms with Gasteiger partial charge in [0.2, 0.25) is 0 Å². The maximum Gasteiger partial charge on any atom is 0.320 e. The molecule has 6 nitrogen and oxygen atoms in total. The van der Waals surface area contributed by atoms with Crippen molar-refractivity contribution in [3.05, 3.63) is 23.8 Å². The standard InChI is InChI=1S/C23H32N2O4/c1-3-27-20-10-9-18(15-21(20)29-19-7-5-6-8-19)23(17-24)11-13-25(14-12-23)16-22(26)28-4-2/h9-10,15,19H,3-8,11-14,16H2,1-2H3. The fourth-order valence-electron chi connectivity index (χ4n) is 4.31. The molecule has 6 heteroatoms. The van der Waals surface area contributed by atoms with Gasteiger partial charge in [0.15, 0.2) is 11.5 Å². The summed E-state index contributed by atoms with van der Waals surface area (Å²) in [6, 6.07) is 8.51. The van der Waals surface area contributed by atoms with E-state index in [1.807, 2.05) is 32.0 Å². The number of likely N-dealkylation sites (tertiary alicyclic amines) is 1. The topological polar surface area (TPSA) is 71.8 Å². The monoisotopic (exact) mass is 400 g/mol. The number of carbonyl (C=O) groups excluding carboxylic acids is 1. The van der Waals surface area contributed by atoms with Crippen molar-refractivity contribution in [3.63, 3.8) is 0 Å². The molecule has 0 amide bonds. The Morgan fingerprint density at radius 1 is 1.17 bits per heavy atom. The maximum atomic E-state index is 11.8. The molecular formula is C23H32N2O4. The molecule has 1 saturated heterocycles. The van der Waals surface area contributed by atoms with Crippen molar-refractivity contribution in [3.8, 4) is 17.6 Å². The minimum absolute atomic E-state index is 0.203. The lowest BCUT2D eigenvalue weighted by molar-refractivity contribution is -0.144. The summed E-state index contributed by atoms with van der Waals surface area (Å²) in [7, 11) is 0. The number of hydrogen-bond donors (Lipinski definition) is 0. The van der Waals surface area contributed by atoms with Crippen LogP contribution in [-0.2, 0) is 14.9 Å². The summed E-state index contributed by atoms with van der Waals surface area (Å²) in [5, 5.41) is 10.1. The van der Waals surface area contributed by atoms with Gasteiger partial charge in [0.1, 0.15) is 0 Å². The summed E-state index contributed by atoms with van der Waals surface area (Å²) in [5.74, 6) is 1.29. The van der Waals surface area contributed by atoms with E-state index in [1.165, 1.54) is 12.8 Å². The number of carbonyl (C=O) groups is 1. The molecule has 0 unspecified atom stereocenters. The number of esters is 1. The number of piperidine rings is 1. The molecule has 2 aliphatic rings. The first-order valence-electron chi connectivity index (χ1n) is 10.8. The normalized spacial score (nSPS) is 19.5. The van der Waals surface area contributed by atoms with Gasteiger partial charge in [0.25, 0.3) is 0 Å². The molecule has 0 aromatic heterocycles. The van der Waals surface area contributed by atoms with Crippen molar-refractivity contribution in [2.75, 3.05) is 32.8 Å². The van der Waals surface area contributed by atoms with Crippen LogP contribution in [0.4, 0.5) is 0 Å². The Bertz CT molecular complexity index is 729. The second kappa shape index (κ2) is 9.98. The van der Waals surface area contributed by atoms with Gasteiger partial charge < -0.3 is 14.2 Å². The first kappa shape index (κ1) is 21.4. The van der Waals surface area contributed by atoms with E-state index < -0.39 is 5.41 Å². The molecule has 1 saturated carbocycles. The Hall–Kier alpha value is -2.26. The van der Waals surface area contributed by atoms with Crippen molar-refractivity contribution in [1.82, 2.24) is 4.90 Å². The molecule has 0 spiro atoms. The van der Waals surface area contributed by atoms with Gasteiger partial charge in [0, 0.05) is 13.1 Å². The van der Waals surface area contributed by atoms with Crippen molar-refractivity contribution in [2.24, 2.45) is 0 Å². The van der Waals surface area contributed by atoms with E-state index in [1.54, 1.807) is 0 Å². The van der Waals surface area contributed by atoms with Crippen LogP contribution in [0.5, 0.6) is 11.5 Å². The number of nitrogens with zero attached hydrogens (tertiary/aromatic N) is 2. The summed E-state index contributed by atoms with van der Waals surface area (Å²) < 4.78 is 17.1. The lowest BCUT2D eigenvalue weighted by atomic mass is 9.74. The molecule has 1 aromatic rings. The van der Waals surface area contributed by atoms with E-state index in [0.29, 0.717) is 39.1 Å². The van der Waals surface area contributed by atoms with E-state index in [9.17, 15) is 10.1 Å². The Morgan fingerprint density at radius 3 is 2.52 bits per heavy atom. The second-order valence-corrected chi connectivity index (χ2v) is 7.89. The SMILES string of the molecule is CCOC(=O)CN1CCC(C#N)(c2ccc(OCC)c(OC3CCCC3)c2)CC1. The highest BCUT2D eigenvalue weighted by Gasteiger charge is 2.37. The molecule has 158 valence electrons. The molecule has 1 heterocycles. The molecular weight excluding hydrogens is 368 g/mol. The second-order valence-electron chi connectivity index (χ2n) is 7.89. The van der Waals surface area contributed by atoms with Crippen molar-refractivity contribution >= 4 is 5.97 Å². The molecule has 1 aromatic carbocycles. The first-order valence-corrected chi connectivity index (χ1v) is 10.8. The highest BCUT2D eigenvalue weighted by molar-refractivity contribution is 5.71. The van der Waals surface area contributed by atoms with Gasteiger partial charge in [-0.1, -0.05) is 6.07 Å². The van der Waals surface area contributed by atoms with Gasteiger partial charge in [-0.25, -0.2) is 0 Å². The van der Waals surface area contributed by atoms with Crippen LogP contribution in [0.25, 0.3) is 0 Å². The number of benzene rings is 1. The largest absolute Gasteiger partial charge is 0.490 e. The summed E-state index contributed by atoms with van der Waals surface area (Å²) in [4.78, 5) is 13.8. The van der Waals surface area contributed by atoms with E-state index >= 15 is 0 Å². The minimum Gasteiger partial charge on any atom is -0.490 e. The van der Waals surface area contributed by atoms with Crippen molar-refractivity contribution in [1.29, 1.82) is 5.26 Å². The zero-order valence-electron chi connectivity index (χ0n) is 17.6. The summed E-state index contributed by atoms with van der Waals surface area (Å²) in [5.41, 5.74) is 0.413. The van der Waals surface area contributed by atoms with E-state index in [2.05, 4.69) is 11.0 Å². The van der Waals surface area contributed by atoms with Gasteiger partial charge in [0.05, 0.1) is 37.3 Å². The lowest BCUT2D eigenvalue weighted by Gasteiger charge is -2.37. The molecule has 1 aliphatic heterocycles. The van der Waals surface area contributed by atoms with Gasteiger partial charge in [-0.05, 0) is 70.1 Å². The van der Waals surface area contributed by atoms with E-state index in [-0.39, 0.29) is 18.6 Å². The van der Waals surface area contributed by atoms with Crippen molar-refractivity contribution < 1.29 is 19.0 Å². The number of ether oxygens (including phenoxy) is 3. The fourth-order valence-corrected chi connectivity index (χ4v) is 4.31. The third kappa shape index (κ3) is 5.22. The number of hydrogen-bond acceptors (Lipinski definition) is 6. The van der Waals surface area contributed by atoms with Crippen LogP contribution in [0.3, 0.4) is 0 Å². The lowest BCUT2D eigenvalue weighted by Crippen LogP contribution is -2.44. The Morgan fingerprint density at radius 2 is 1.90 bits per heavy atom. The summed E-state index contributed by atoms with van der Waals surface area (Å²) >= 11 is 0. The maximum absolute atomic E-state index is 11.8. The van der Waals surface area contributed by atoms with Crippen LogP contribution in [0.15, 0.2) is 18.2 Å². The van der Waals surface area contributed by atoms with E-state index in [0.717, 1.165) is 29.9 Å². The average Bonchev–Trinajstić information content (AvgIpc) is 3.23. The number of rotatable bonds is 8. The van der Waals surface area contributed by atoms with Crippen molar-refractivity contribution in [2.45, 2.75) is 63.9 Å². The predicted molar refractivity (Wildman–Crippen MR) is 110 cm³/mol. The molecule has 0 radical (unpaired) electrons. The van der Waals surface area contributed by atoms with Crippen LogP contribution in [0.1, 0.15) is 57.9 Å². The van der Waals surface area contributed by atoms with Crippen LogP contribution in [0, 0.1) is 11.3 Å². The Kier molecular flexibility index (Phi) is 7.38. The summed E-state index contributed by atoms with van der Waals surface area (Å²) in [6.45, 7) is 6.41. The Labute approximate surface area is 173 Å². The third-order valence-corrected chi connectivity index (χ3v) is 5.97. The van der Waals surface area contributed by atoms with Crippen LogP contribution in [-0.4, -0.2) is 49.8 Å². The zero-order valence-corrected chi connectivity index (χ0v) is 17.6. The van der Waals surface area contributed by atoms with Gasteiger partial charge >= 0.3 is 5.97 Å². The highest BCUT2D eigenvalue weighted by atomic mass is 16.5. The van der Waals surface area contributed by atoms with Gasteiger partial charge in [-0.2, -0.15) is 5.26 Å². The predicted octanol–water partition coefficient (Wildman–Crippen LogP) is 3.83. The summed E-state index contributed by atoms with van der Waals surface area (Å²) in [6.07, 6.45) is 6.14. The molecule has 3 rings (SSSR count). The minimum atomic E-state index is -0.566. The van der Waals surface area contributed by atoms with Crippen LogP contribution in [0.2, 0.25) is 0 Å². The van der Waals surface area contributed by atoms with Gasteiger partial charge in [-0.15, -0.1) is 0 Å². The van der Waals surface area contributed by atoms with E-state index in [4.69, 9.17) is 14.2 Å². The molecule has 2 fully saturated rings. The quantitative estimate of drug-likeness (QED) is 0.618. The molecule has 0 N–H and O–H groups in total. The molecule has 29 heavy (non-hydrogen) atoms. The van der Waals surface area contributed by atoms with Gasteiger partial charge in [-0.3, -0.25) is 9.69 Å². The van der Waals surface area contributed by atoms with Crippen LogP contribution < -0.4 is 9.47 Å². The fraction of sp³-hybridized carbons (Fsp3) is 0.652. The molecule has 0 bridgehead atoms.